The zero-order valence-electron chi connectivity index (χ0n) is 18.2. The van der Waals surface area contributed by atoms with Crippen molar-refractivity contribution >= 4 is 5.97 Å². The average Bonchev–Trinajstić information content (AvgIpc) is 2.77. The van der Waals surface area contributed by atoms with Crippen LogP contribution in [0.25, 0.3) is 11.1 Å². The van der Waals surface area contributed by atoms with Crippen LogP contribution in [0.3, 0.4) is 0 Å². The fourth-order valence-electron chi connectivity index (χ4n) is 3.46. The van der Waals surface area contributed by atoms with Crippen LogP contribution < -0.4 is 10.5 Å². The average molecular weight is 420 g/mol. The SMILES string of the molecule is COC(C)c1cc(COc2ccccc2CC(=O)O)cc(-c2cccc([C@@H](C)N)c2)c1. The van der Waals surface area contributed by atoms with E-state index in [0.29, 0.717) is 17.9 Å². The molecule has 5 heteroatoms. The highest BCUT2D eigenvalue weighted by molar-refractivity contribution is 5.71. The third-order valence-corrected chi connectivity index (χ3v) is 5.29. The summed E-state index contributed by atoms with van der Waals surface area (Å²) < 4.78 is 11.6. The Bertz CT molecular complexity index is 1050. The number of carboxylic acid groups (broad SMARTS) is 1. The maximum atomic E-state index is 11.1. The predicted molar refractivity (Wildman–Crippen MR) is 122 cm³/mol. The standard InChI is InChI=1S/C26H29NO4/c1-17(27)20-8-6-9-21(13-20)24-12-19(11-23(14-24)18(2)30-3)16-31-25-10-5-4-7-22(25)15-26(28)29/h4-14,17-18H,15-16,27H2,1-3H3,(H,28,29)/t17-,18?/m1/s1. The van der Waals surface area contributed by atoms with Crippen molar-refractivity contribution in [3.8, 4) is 16.9 Å². The van der Waals surface area contributed by atoms with Crippen molar-refractivity contribution in [3.05, 3.63) is 89.0 Å². The summed E-state index contributed by atoms with van der Waals surface area (Å²) in [5.74, 6) is -0.307. The summed E-state index contributed by atoms with van der Waals surface area (Å²) in [6.07, 6.45) is -0.152. The number of hydrogen-bond acceptors (Lipinski definition) is 4. The Hall–Kier alpha value is -3.15. The Labute approximate surface area is 183 Å². The molecule has 0 heterocycles. The van der Waals surface area contributed by atoms with E-state index in [1.807, 2.05) is 38.1 Å². The first kappa shape index (κ1) is 22.5. The van der Waals surface area contributed by atoms with Crippen LogP contribution in [-0.2, 0) is 22.6 Å². The van der Waals surface area contributed by atoms with Gasteiger partial charge in [-0.05, 0) is 72.0 Å². The van der Waals surface area contributed by atoms with E-state index in [9.17, 15) is 4.79 Å². The molecule has 1 unspecified atom stereocenters. The van der Waals surface area contributed by atoms with Gasteiger partial charge in [-0.3, -0.25) is 4.79 Å². The van der Waals surface area contributed by atoms with Gasteiger partial charge in [0.25, 0.3) is 0 Å². The van der Waals surface area contributed by atoms with Gasteiger partial charge in [-0.2, -0.15) is 0 Å². The Morgan fingerprint density at radius 2 is 1.71 bits per heavy atom. The van der Waals surface area contributed by atoms with E-state index < -0.39 is 5.97 Å². The number of benzene rings is 3. The van der Waals surface area contributed by atoms with Crippen LogP contribution in [0.15, 0.2) is 66.7 Å². The van der Waals surface area contributed by atoms with Crippen LogP contribution in [0.4, 0.5) is 0 Å². The number of methoxy groups -OCH3 is 1. The quantitative estimate of drug-likeness (QED) is 0.493. The molecule has 0 aliphatic carbocycles. The minimum absolute atomic E-state index is 0.0467. The van der Waals surface area contributed by atoms with Gasteiger partial charge in [0.05, 0.1) is 12.5 Å². The van der Waals surface area contributed by atoms with Crippen molar-refractivity contribution in [2.45, 2.75) is 39.0 Å². The Morgan fingerprint density at radius 1 is 0.968 bits per heavy atom. The molecule has 0 saturated carbocycles. The summed E-state index contributed by atoms with van der Waals surface area (Å²) in [5.41, 5.74) is 12.0. The molecule has 3 N–H and O–H groups in total. The Balaban J connectivity index is 1.93. The van der Waals surface area contributed by atoms with Crippen molar-refractivity contribution in [3.63, 3.8) is 0 Å². The number of rotatable bonds is 9. The molecule has 3 aromatic rings. The smallest absolute Gasteiger partial charge is 0.307 e. The lowest BCUT2D eigenvalue weighted by atomic mass is 9.95. The number of nitrogens with two attached hydrogens (primary N) is 1. The minimum atomic E-state index is -0.886. The van der Waals surface area contributed by atoms with Crippen molar-refractivity contribution in [1.82, 2.24) is 0 Å². The van der Waals surface area contributed by atoms with E-state index in [0.717, 1.165) is 27.8 Å². The second-order valence-electron chi connectivity index (χ2n) is 7.72. The van der Waals surface area contributed by atoms with Gasteiger partial charge < -0.3 is 20.3 Å². The van der Waals surface area contributed by atoms with E-state index in [1.165, 1.54) is 0 Å². The van der Waals surface area contributed by atoms with Crippen LogP contribution in [0, 0.1) is 0 Å². The van der Waals surface area contributed by atoms with Crippen molar-refractivity contribution < 1.29 is 19.4 Å². The van der Waals surface area contributed by atoms with E-state index in [-0.39, 0.29) is 18.6 Å². The normalized spacial score (nSPS) is 12.9. The summed E-state index contributed by atoms with van der Waals surface area (Å²) in [7, 11) is 1.69. The molecule has 0 bridgehead atoms. The van der Waals surface area contributed by atoms with Crippen LogP contribution in [-0.4, -0.2) is 18.2 Å². The van der Waals surface area contributed by atoms with Crippen molar-refractivity contribution in [1.29, 1.82) is 0 Å². The van der Waals surface area contributed by atoms with Crippen LogP contribution >= 0.6 is 0 Å². The molecule has 0 saturated heterocycles. The first-order chi connectivity index (χ1) is 14.9. The third-order valence-electron chi connectivity index (χ3n) is 5.29. The molecule has 31 heavy (non-hydrogen) atoms. The van der Waals surface area contributed by atoms with Gasteiger partial charge >= 0.3 is 5.97 Å². The topological polar surface area (TPSA) is 81.8 Å². The largest absolute Gasteiger partial charge is 0.489 e. The number of carbonyl (C=O) groups is 1. The highest BCUT2D eigenvalue weighted by Crippen LogP contribution is 2.29. The first-order valence-electron chi connectivity index (χ1n) is 10.3. The number of carboxylic acids is 1. The van der Waals surface area contributed by atoms with E-state index in [2.05, 4.69) is 30.3 Å². The van der Waals surface area contributed by atoms with Crippen LogP contribution in [0.2, 0.25) is 0 Å². The molecule has 3 rings (SSSR count). The fraction of sp³-hybridized carbons (Fsp3) is 0.269. The van der Waals surface area contributed by atoms with E-state index >= 15 is 0 Å². The van der Waals surface area contributed by atoms with E-state index in [4.69, 9.17) is 20.3 Å². The lowest BCUT2D eigenvalue weighted by molar-refractivity contribution is -0.136. The summed E-state index contributed by atoms with van der Waals surface area (Å²) in [4.78, 5) is 11.1. The zero-order chi connectivity index (χ0) is 22.4. The second-order valence-corrected chi connectivity index (χ2v) is 7.72. The molecule has 0 fully saturated rings. The Morgan fingerprint density at radius 3 is 2.42 bits per heavy atom. The highest BCUT2D eigenvalue weighted by atomic mass is 16.5. The van der Waals surface area contributed by atoms with Gasteiger partial charge in [-0.25, -0.2) is 0 Å². The van der Waals surface area contributed by atoms with Gasteiger partial charge in [0, 0.05) is 18.7 Å². The molecule has 3 aromatic carbocycles. The molecule has 0 radical (unpaired) electrons. The number of aliphatic carboxylic acids is 1. The van der Waals surface area contributed by atoms with Crippen molar-refractivity contribution in [2.75, 3.05) is 7.11 Å². The monoisotopic (exact) mass is 419 g/mol. The predicted octanol–water partition coefficient (Wildman–Crippen LogP) is 5.29. The van der Waals surface area contributed by atoms with Gasteiger partial charge in [-0.15, -0.1) is 0 Å². The molecular formula is C26H29NO4. The molecule has 0 spiro atoms. The third kappa shape index (κ3) is 5.94. The molecule has 0 aromatic heterocycles. The summed E-state index contributed by atoms with van der Waals surface area (Å²) in [6.45, 7) is 4.29. The van der Waals surface area contributed by atoms with Gasteiger partial charge in [-0.1, -0.05) is 36.4 Å². The van der Waals surface area contributed by atoms with Gasteiger partial charge in [0.2, 0.25) is 0 Å². The molecule has 0 aliphatic heterocycles. The van der Waals surface area contributed by atoms with Gasteiger partial charge in [0.15, 0.2) is 0 Å². The summed E-state index contributed by atoms with van der Waals surface area (Å²) >= 11 is 0. The molecule has 162 valence electrons. The molecular weight excluding hydrogens is 390 g/mol. The second kappa shape index (κ2) is 10.2. The highest BCUT2D eigenvalue weighted by Gasteiger charge is 2.12. The minimum Gasteiger partial charge on any atom is -0.489 e. The molecule has 0 aliphatic rings. The first-order valence-corrected chi connectivity index (χ1v) is 10.3. The number of ether oxygens (including phenoxy) is 2. The zero-order valence-corrected chi connectivity index (χ0v) is 18.2. The number of para-hydroxylation sites is 1. The number of hydrogen-bond donors (Lipinski definition) is 2. The van der Waals surface area contributed by atoms with E-state index in [1.54, 1.807) is 19.2 Å². The van der Waals surface area contributed by atoms with Crippen LogP contribution in [0.5, 0.6) is 5.75 Å². The lowest BCUT2D eigenvalue weighted by Crippen LogP contribution is -2.06. The maximum Gasteiger partial charge on any atom is 0.307 e. The summed E-state index contributed by atoms with van der Waals surface area (Å²) in [5, 5.41) is 9.15. The Kier molecular flexibility index (Phi) is 7.45. The summed E-state index contributed by atoms with van der Waals surface area (Å²) in [6, 6.07) is 21.7. The van der Waals surface area contributed by atoms with Crippen LogP contribution in [0.1, 0.15) is 48.2 Å². The molecule has 0 amide bonds. The maximum absolute atomic E-state index is 11.1. The molecule has 2 atom stereocenters. The fourth-order valence-corrected chi connectivity index (χ4v) is 3.46. The van der Waals surface area contributed by atoms with Gasteiger partial charge in [0.1, 0.15) is 12.4 Å². The van der Waals surface area contributed by atoms with Crippen molar-refractivity contribution in [2.24, 2.45) is 5.73 Å². The molecule has 5 nitrogen and oxygen atoms in total. The lowest BCUT2D eigenvalue weighted by Gasteiger charge is -2.16.